The largest absolute Gasteiger partial charge is 0.377 e. The van der Waals surface area contributed by atoms with E-state index >= 15 is 0 Å². The minimum Gasteiger partial charge on any atom is -0.377 e. The molecule has 1 fully saturated rings. The second kappa shape index (κ2) is 5.92. The van der Waals surface area contributed by atoms with Gasteiger partial charge in [-0.15, -0.1) is 0 Å². The number of aromatic amines is 1. The summed E-state index contributed by atoms with van der Waals surface area (Å²) in [5.41, 5.74) is 3.91. The van der Waals surface area contributed by atoms with Gasteiger partial charge >= 0.3 is 0 Å². The van der Waals surface area contributed by atoms with E-state index in [-0.39, 0.29) is 18.5 Å². The Labute approximate surface area is 129 Å². The number of aromatic nitrogens is 4. The first kappa shape index (κ1) is 14.8. The Kier molecular flexibility index (Phi) is 3.98. The number of ether oxygens (including phenoxy) is 1. The van der Waals surface area contributed by atoms with Gasteiger partial charge in [-0.05, 0) is 32.4 Å². The lowest BCUT2D eigenvalue weighted by Gasteiger charge is -2.35. The standard InChI is InChI=1S/C15H21N5O2/c1-10-7-16-17-15(10)13-9-22-5-4-19(13)14(21)8-20-12(3)6-11(2)18-20/h6-7,13H,4-5,8-9H2,1-3H3,(H,16,17)/t13-/m0/s1. The number of hydrogen-bond donors (Lipinski definition) is 1. The van der Waals surface area contributed by atoms with Crippen LogP contribution in [0.1, 0.15) is 28.7 Å². The molecule has 1 amide bonds. The number of rotatable bonds is 3. The van der Waals surface area contributed by atoms with Gasteiger partial charge in [-0.25, -0.2) is 0 Å². The summed E-state index contributed by atoms with van der Waals surface area (Å²) in [4.78, 5) is 14.6. The molecule has 0 radical (unpaired) electrons. The van der Waals surface area contributed by atoms with E-state index in [4.69, 9.17) is 4.74 Å². The maximum Gasteiger partial charge on any atom is 0.245 e. The van der Waals surface area contributed by atoms with Crippen molar-refractivity contribution < 1.29 is 9.53 Å². The van der Waals surface area contributed by atoms with Crippen LogP contribution in [0.3, 0.4) is 0 Å². The highest BCUT2D eigenvalue weighted by atomic mass is 16.5. The fourth-order valence-electron chi connectivity index (χ4n) is 2.89. The Balaban J connectivity index is 1.80. The van der Waals surface area contributed by atoms with Gasteiger partial charge in [0, 0.05) is 12.2 Å². The summed E-state index contributed by atoms with van der Waals surface area (Å²) >= 11 is 0. The third kappa shape index (κ3) is 2.76. The lowest BCUT2D eigenvalue weighted by atomic mass is 10.1. The zero-order valence-corrected chi connectivity index (χ0v) is 13.2. The molecule has 7 heteroatoms. The minimum atomic E-state index is -0.110. The molecule has 1 N–H and O–H groups in total. The van der Waals surface area contributed by atoms with Crippen molar-refractivity contribution in [2.75, 3.05) is 19.8 Å². The van der Waals surface area contributed by atoms with Crippen LogP contribution in [0.15, 0.2) is 12.3 Å². The number of aryl methyl sites for hydroxylation is 3. The molecule has 3 heterocycles. The zero-order valence-electron chi connectivity index (χ0n) is 13.2. The Morgan fingerprint density at radius 2 is 2.27 bits per heavy atom. The van der Waals surface area contributed by atoms with Gasteiger partial charge in [-0.1, -0.05) is 0 Å². The van der Waals surface area contributed by atoms with E-state index in [1.165, 1.54) is 0 Å². The van der Waals surface area contributed by atoms with Crippen molar-refractivity contribution in [2.45, 2.75) is 33.4 Å². The van der Waals surface area contributed by atoms with Gasteiger partial charge in [-0.2, -0.15) is 10.2 Å². The molecule has 1 aliphatic heterocycles. The van der Waals surface area contributed by atoms with E-state index < -0.39 is 0 Å². The number of H-pyrrole nitrogens is 1. The average Bonchev–Trinajstić information content (AvgIpc) is 3.04. The van der Waals surface area contributed by atoms with Gasteiger partial charge in [0.15, 0.2) is 0 Å². The number of carbonyl (C=O) groups is 1. The van der Waals surface area contributed by atoms with Gasteiger partial charge in [0.25, 0.3) is 0 Å². The quantitative estimate of drug-likeness (QED) is 0.922. The van der Waals surface area contributed by atoms with Crippen LogP contribution in [-0.4, -0.2) is 50.5 Å². The predicted molar refractivity (Wildman–Crippen MR) is 80.3 cm³/mol. The van der Waals surface area contributed by atoms with Gasteiger partial charge in [0.05, 0.1) is 36.8 Å². The second-order valence-corrected chi connectivity index (χ2v) is 5.73. The maximum atomic E-state index is 12.7. The highest BCUT2D eigenvalue weighted by molar-refractivity contribution is 5.76. The molecule has 1 aliphatic rings. The van der Waals surface area contributed by atoms with Crippen LogP contribution in [0.4, 0.5) is 0 Å². The lowest BCUT2D eigenvalue weighted by molar-refractivity contribution is -0.141. The van der Waals surface area contributed by atoms with Crippen molar-refractivity contribution in [3.05, 3.63) is 34.9 Å². The Hall–Kier alpha value is -2.15. The SMILES string of the molecule is Cc1cc(C)n(CC(=O)N2CCOC[C@H]2c2[nH]ncc2C)n1. The van der Waals surface area contributed by atoms with E-state index in [1.807, 2.05) is 31.7 Å². The molecule has 0 unspecified atom stereocenters. The van der Waals surface area contributed by atoms with Crippen molar-refractivity contribution in [1.29, 1.82) is 0 Å². The van der Waals surface area contributed by atoms with Gasteiger partial charge in [0.2, 0.25) is 5.91 Å². The molecule has 7 nitrogen and oxygen atoms in total. The van der Waals surface area contributed by atoms with Crippen LogP contribution in [0, 0.1) is 20.8 Å². The molecule has 0 spiro atoms. The second-order valence-electron chi connectivity index (χ2n) is 5.73. The summed E-state index contributed by atoms with van der Waals surface area (Å²) in [5, 5.41) is 11.4. The molecule has 2 aromatic rings. The molecule has 0 aliphatic carbocycles. The average molecular weight is 303 g/mol. The molecule has 2 aromatic heterocycles. The number of nitrogens with one attached hydrogen (secondary N) is 1. The van der Waals surface area contributed by atoms with Crippen molar-refractivity contribution >= 4 is 5.91 Å². The monoisotopic (exact) mass is 303 g/mol. The topological polar surface area (TPSA) is 76.0 Å². The van der Waals surface area contributed by atoms with Gasteiger partial charge in [-0.3, -0.25) is 14.6 Å². The smallest absolute Gasteiger partial charge is 0.245 e. The van der Waals surface area contributed by atoms with Crippen LogP contribution < -0.4 is 0 Å². The van der Waals surface area contributed by atoms with Crippen molar-refractivity contribution in [3.8, 4) is 0 Å². The van der Waals surface area contributed by atoms with Crippen molar-refractivity contribution in [3.63, 3.8) is 0 Å². The van der Waals surface area contributed by atoms with Crippen molar-refractivity contribution in [2.24, 2.45) is 0 Å². The first-order valence-corrected chi connectivity index (χ1v) is 7.44. The number of amides is 1. The molecule has 22 heavy (non-hydrogen) atoms. The Morgan fingerprint density at radius 3 is 2.91 bits per heavy atom. The molecule has 118 valence electrons. The Morgan fingerprint density at radius 1 is 1.45 bits per heavy atom. The number of carbonyl (C=O) groups excluding carboxylic acids is 1. The fourth-order valence-corrected chi connectivity index (χ4v) is 2.89. The van der Waals surface area contributed by atoms with E-state index in [9.17, 15) is 4.79 Å². The summed E-state index contributed by atoms with van der Waals surface area (Å²) in [6, 6.07) is 1.86. The van der Waals surface area contributed by atoms with E-state index in [0.717, 1.165) is 22.6 Å². The van der Waals surface area contributed by atoms with Crippen LogP contribution in [0.5, 0.6) is 0 Å². The van der Waals surface area contributed by atoms with E-state index in [1.54, 1.807) is 10.9 Å². The number of nitrogens with zero attached hydrogens (tertiary/aromatic N) is 4. The molecule has 1 atom stereocenters. The number of morpholine rings is 1. The third-order valence-corrected chi connectivity index (χ3v) is 4.04. The molecule has 0 bridgehead atoms. The summed E-state index contributed by atoms with van der Waals surface area (Å²) in [6.07, 6.45) is 1.77. The third-order valence-electron chi connectivity index (χ3n) is 4.04. The van der Waals surface area contributed by atoms with Gasteiger partial charge in [0.1, 0.15) is 6.54 Å². The molecule has 0 saturated carbocycles. The summed E-state index contributed by atoms with van der Waals surface area (Å²) in [6.45, 7) is 7.77. The van der Waals surface area contributed by atoms with Crippen LogP contribution in [0.25, 0.3) is 0 Å². The highest BCUT2D eigenvalue weighted by Crippen LogP contribution is 2.25. The lowest BCUT2D eigenvalue weighted by Crippen LogP contribution is -2.45. The van der Waals surface area contributed by atoms with Crippen LogP contribution in [0.2, 0.25) is 0 Å². The first-order chi connectivity index (χ1) is 10.6. The van der Waals surface area contributed by atoms with E-state index in [0.29, 0.717) is 19.8 Å². The predicted octanol–water partition coefficient (Wildman–Crippen LogP) is 1.13. The summed E-state index contributed by atoms with van der Waals surface area (Å²) < 4.78 is 7.31. The van der Waals surface area contributed by atoms with E-state index in [2.05, 4.69) is 15.3 Å². The van der Waals surface area contributed by atoms with Crippen LogP contribution >= 0.6 is 0 Å². The highest BCUT2D eigenvalue weighted by Gasteiger charge is 2.31. The maximum absolute atomic E-state index is 12.7. The molecular weight excluding hydrogens is 282 g/mol. The molecule has 3 rings (SSSR count). The number of hydrogen-bond acceptors (Lipinski definition) is 4. The van der Waals surface area contributed by atoms with Crippen molar-refractivity contribution in [1.82, 2.24) is 24.9 Å². The summed E-state index contributed by atoms with van der Waals surface area (Å²) in [5.74, 6) is 0.0495. The zero-order chi connectivity index (χ0) is 15.7. The fraction of sp³-hybridized carbons (Fsp3) is 0.533. The minimum absolute atomic E-state index is 0.0495. The molecule has 0 aromatic carbocycles. The normalized spacial score (nSPS) is 18.7. The summed E-state index contributed by atoms with van der Waals surface area (Å²) in [7, 11) is 0. The van der Waals surface area contributed by atoms with Gasteiger partial charge < -0.3 is 9.64 Å². The van der Waals surface area contributed by atoms with Crippen LogP contribution in [-0.2, 0) is 16.1 Å². The molecular formula is C15H21N5O2. The first-order valence-electron chi connectivity index (χ1n) is 7.44. The Bertz CT molecular complexity index is 675. The molecule has 1 saturated heterocycles.